The second kappa shape index (κ2) is 6.78. The molecule has 0 aliphatic rings. The fraction of sp³-hybridized carbons (Fsp3) is 0.188. The van der Waals surface area contributed by atoms with Crippen molar-refractivity contribution in [1.29, 1.82) is 0 Å². The maximum atomic E-state index is 12.1. The van der Waals surface area contributed by atoms with Crippen LogP contribution in [0.2, 0.25) is 5.02 Å². The molecule has 0 radical (unpaired) electrons. The molecule has 20 heavy (non-hydrogen) atoms. The van der Waals surface area contributed by atoms with E-state index in [0.717, 1.165) is 11.1 Å². The summed E-state index contributed by atoms with van der Waals surface area (Å²) in [4.78, 5) is 12.1. The summed E-state index contributed by atoms with van der Waals surface area (Å²) in [5, 5.41) is 2.99. The third-order valence-electron chi connectivity index (χ3n) is 2.97. The molecule has 0 heterocycles. The maximum Gasteiger partial charge on any atom is 0.252 e. The minimum Gasteiger partial charge on any atom is -0.350 e. The van der Waals surface area contributed by atoms with Crippen molar-refractivity contribution in [3.8, 4) is 0 Å². The van der Waals surface area contributed by atoms with Gasteiger partial charge in [0.15, 0.2) is 0 Å². The summed E-state index contributed by atoms with van der Waals surface area (Å²) >= 11 is 12.3. The molecule has 4 heteroatoms. The van der Waals surface area contributed by atoms with Crippen molar-refractivity contribution in [2.45, 2.75) is 12.3 Å². The van der Waals surface area contributed by atoms with E-state index >= 15 is 0 Å². The van der Waals surface area contributed by atoms with Gasteiger partial charge in [-0.05, 0) is 30.2 Å². The standard InChI is InChI=1S/C16H15Cl2NO/c1-11-7-8-13(14(17)9-11)16(20)19-10-15(18)12-5-3-2-4-6-12/h2-9,15H,10H2,1H3,(H,19,20). The smallest absolute Gasteiger partial charge is 0.252 e. The van der Waals surface area contributed by atoms with Gasteiger partial charge in [-0.15, -0.1) is 11.6 Å². The number of aryl methyl sites for hydroxylation is 1. The lowest BCUT2D eigenvalue weighted by molar-refractivity contribution is 0.0954. The molecule has 0 spiro atoms. The van der Waals surface area contributed by atoms with Gasteiger partial charge < -0.3 is 5.32 Å². The highest BCUT2D eigenvalue weighted by Crippen LogP contribution is 2.20. The molecule has 0 aliphatic heterocycles. The van der Waals surface area contributed by atoms with Crippen molar-refractivity contribution < 1.29 is 4.79 Å². The van der Waals surface area contributed by atoms with Crippen LogP contribution in [0.4, 0.5) is 0 Å². The first kappa shape index (κ1) is 14.9. The number of halogens is 2. The summed E-state index contributed by atoms with van der Waals surface area (Å²) in [6.07, 6.45) is 0. The molecule has 1 amide bonds. The molecular formula is C16H15Cl2NO. The highest BCUT2D eigenvalue weighted by Gasteiger charge is 2.13. The van der Waals surface area contributed by atoms with Crippen molar-refractivity contribution in [1.82, 2.24) is 5.32 Å². The highest BCUT2D eigenvalue weighted by atomic mass is 35.5. The average molecular weight is 308 g/mol. The lowest BCUT2D eigenvalue weighted by atomic mass is 10.1. The zero-order valence-electron chi connectivity index (χ0n) is 11.1. The summed E-state index contributed by atoms with van der Waals surface area (Å²) in [6.45, 7) is 2.28. The molecule has 2 rings (SSSR count). The fourth-order valence-corrected chi connectivity index (χ4v) is 2.41. The number of alkyl halides is 1. The first-order valence-corrected chi connectivity index (χ1v) is 7.12. The normalized spacial score (nSPS) is 11.9. The van der Waals surface area contributed by atoms with Gasteiger partial charge in [0.25, 0.3) is 5.91 Å². The molecule has 0 saturated carbocycles. The lowest BCUT2D eigenvalue weighted by Crippen LogP contribution is -2.27. The predicted molar refractivity (Wildman–Crippen MR) is 83.6 cm³/mol. The minimum absolute atomic E-state index is 0.211. The van der Waals surface area contributed by atoms with Crippen LogP contribution in [0.3, 0.4) is 0 Å². The SMILES string of the molecule is Cc1ccc(C(=O)NCC(Cl)c2ccccc2)c(Cl)c1. The number of hydrogen-bond acceptors (Lipinski definition) is 1. The van der Waals surface area contributed by atoms with Crippen molar-refractivity contribution in [2.24, 2.45) is 0 Å². The third kappa shape index (κ3) is 3.75. The average Bonchev–Trinajstić information content (AvgIpc) is 2.45. The Morgan fingerprint density at radius 1 is 1.20 bits per heavy atom. The molecule has 0 bridgehead atoms. The molecular weight excluding hydrogens is 293 g/mol. The van der Waals surface area contributed by atoms with Gasteiger partial charge in [0.1, 0.15) is 0 Å². The lowest BCUT2D eigenvalue weighted by Gasteiger charge is -2.12. The Bertz CT molecular complexity index is 599. The Morgan fingerprint density at radius 3 is 2.55 bits per heavy atom. The second-order valence-electron chi connectivity index (χ2n) is 4.57. The molecule has 1 unspecified atom stereocenters. The van der Waals surface area contributed by atoms with Gasteiger partial charge in [-0.3, -0.25) is 4.79 Å². The largest absolute Gasteiger partial charge is 0.350 e. The van der Waals surface area contributed by atoms with E-state index in [1.54, 1.807) is 12.1 Å². The molecule has 0 aliphatic carbocycles. The van der Waals surface area contributed by atoms with Crippen LogP contribution in [0.5, 0.6) is 0 Å². The Balaban J connectivity index is 1.99. The van der Waals surface area contributed by atoms with Crippen molar-refractivity contribution in [3.63, 3.8) is 0 Å². The van der Waals surface area contributed by atoms with E-state index in [2.05, 4.69) is 5.32 Å². The first-order valence-electron chi connectivity index (χ1n) is 6.31. The van der Waals surface area contributed by atoms with Gasteiger partial charge in [0.05, 0.1) is 16.0 Å². The predicted octanol–water partition coefficient (Wildman–Crippen LogP) is 4.36. The van der Waals surface area contributed by atoms with Crippen molar-refractivity contribution >= 4 is 29.1 Å². The van der Waals surface area contributed by atoms with Gasteiger partial charge in [-0.1, -0.05) is 48.0 Å². The van der Waals surface area contributed by atoms with Crippen molar-refractivity contribution in [2.75, 3.05) is 6.54 Å². The van der Waals surface area contributed by atoms with Crippen LogP contribution in [0, 0.1) is 6.92 Å². The Labute approximate surface area is 128 Å². The Morgan fingerprint density at radius 2 is 1.90 bits per heavy atom. The molecule has 0 fully saturated rings. The van der Waals surface area contributed by atoms with Crippen LogP contribution in [-0.2, 0) is 0 Å². The number of amides is 1. The van der Waals surface area contributed by atoms with E-state index in [-0.39, 0.29) is 11.3 Å². The fourth-order valence-electron chi connectivity index (χ4n) is 1.86. The summed E-state index contributed by atoms with van der Waals surface area (Å²) < 4.78 is 0. The molecule has 104 valence electrons. The van der Waals surface area contributed by atoms with Crippen LogP contribution in [0.1, 0.15) is 26.9 Å². The second-order valence-corrected chi connectivity index (χ2v) is 5.51. The van der Waals surface area contributed by atoms with Gasteiger partial charge in [0.2, 0.25) is 0 Å². The third-order valence-corrected chi connectivity index (χ3v) is 3.69. The molecule has 2 nitrogen and oxygen atoms in total. The van der Waals surface area contributed by atoms with Gasteiger partial charge in [-0.25, -0.2) is 0 Å². The van der Waals surface area contributed by atoms with Crippen LogP contribution >= 0.6 is 23.2 Å². The monoisotopic (exact) mass is 307 g/mol. The van der Waals surface area contributed by atoms with Crippen LogP contribution in [0.25, 0.3) is 0 Å². The van der Waals surface area contributed by atoms with E-state index < -0.39 is 0 Å². The number of carbonyl (C=O) groups is 1. The number of benzene rings is 2. The molecule has 2 aromatic carbocycles. The van der Waals surface area contributed by atoms with Crippen LogP contribution in [0.15, 0.2) is 48.5 Å². The molecule has 2 aromatic rings. The summed E-state index contributed by atoms with van der Waals surface area (Å²) in [6, 6.07) is 15.0. The first-order chi connectivity index (χ1) is 9.58. The van der Waals surface area contributed by atoms with Crippen LogP contribution < -0.4 is 5.32 Å². The van der Waals surface area contributed by atoms with Gasteiger partial charge in [-0.2, -0.15) is 0 Å². The van der Waals surface area contributed by atoms with Crippen molar-refractivity contribution in [3.05, 3.63) is 70.2 Å². The Kier molecular flexibility index (Phi) is 5.05. The molecule has 1 N–H and O–H groups in total. The minimum atomic E-state index is -0.260. The molecule has 0 saturated heterocycles. The number of nitrogens with one attached hydrogen (secondary N) is 1. The summed E-state index contributed by atoms with van der Waals surface area (Å²) in [5.74, 6) is -0.211. The van der Waals surface area contributed by atoms with Crippen LogP contribution in [-0.4, -0.2) is 12.5 Å². The molecule has 0 aromatic heterocycles. The zero-order chi connectivity index (χ0) is 14.5. The molecule has 1 atom stereocenters. The quantitative estimate of drug-likeness (QED) is 0.836. The van der Waals surface area contributed by atoms with E-state index in [1.807, 2.05) is 43.3 Å². The highest BCUT2D eigenvalue weighted by molar-refractivity contribution is 6.33. The Hall–Kier alpha value is -1.51. The summed E-state index contributed by atoms with van der Waals surface area (Å²) in [7, 11) is 0. The number of rotatable bonds is 4. The van der Waals surface area contributed by atoms with Gasteiger partial charge >= 0.3 is 0 Å². The zero-order valence-corrected chi connectivity index (χ0v) is 12.6. The van der Waals surface area contributed by atoms with E-state index in [9.17, 15) is 4.79 Å². The number of hydrogen-bond donors (Lipinski definition) is 1. The van der Waals surface area contributed by atoms with E-state index in [0.29, 0.717) is 17.1 Å². The van der Waals surface area contributed by atoms with Gasteiger partial charge in [0, 0.05) is 6.54 Å². The topological polar surface area (TPSA) is 29.1 Å². The summed E-state index contributed by atoms with van der Waals surface area (Å²) in [5.41, 5.74) is 2.46. The van der Waals surface area contributed by atoms with E-state index in [1.165, 1.54) is 0 Å². The maximum absolute atomic E-state index is 12.1. The number of carbonyl (C=O) groups excluding carboxylic acids is 1. The van der Waals surface area contributed by atoms with E-state index in [4.69, 9.17) is 23.2 Å².